The van der Waals surface area contributed by atoms with Gasteiger partial charge in [0, 0.05) is 28.7 Å². The second-order valence-corrected chi connectivity index (χ2v) is 7.90. The summed E-state index contributed by atoms with van der Waals surface area (Å²) >= 11 is 6.01. The molecule has 0 fully saturated rings. The summed E-state index contributed by atoms with van der Waals surface area (Å²) < 4.78 is 15.4. The molecule has 0 saturated carbocycles. The van der Waals surface area contributed by atoms with Gasteiger partial charge in [-0.05, 0) is 62.4 Å². The third-order valence-corrected chi connectivity index (χ3v) is 5.35. The number of nitrogens with two attached hydrogens (primary N) is 1. The zero-order valence-corrected chi connectivity index (χ0v) is 17.3. The normalized spacial score (nSPS) is 14.5. The summed E-state index contributed by atoms with van der Waals surface area (Å²) in [7, 11) is 0. The Hall–Kier alpha value is -3.16. The van der Waals surface area contributed by atoms with E-state index >= 15 is 0 Å². The number of nitrogens with zero attached hydrogens (tertiary/aromatic N) is 3. The van der Waals surface area contributed by atoms with Gasteiger partial charge in [0.25, 0.3) is 0 Å². The van der Waals surface area contributed by atoms with Crippen molar-refractivity contribution in [2.45, 2.75) is 19.4 Å². The number of rotatable bonds is 4. The van der Waals surface area contributed by atoms with Gasteiger partial charge in [0.1, 0.15) is 28.7 Å². The molecule has 0 atom stereocenters. The van der Waals surface area contributed by atoms with E-state index in [0.29, 0.717) is 22.4 Å². The van der Waals surface area contributed by atoms with Crippen LogP contribution in [0.2, 0.25) is 5.02 Å². The molecule has 1 amide bonds. The fourth-order valence-corrected chi connectivity index (χ4v) is 3.65. The third kappa shape index (κ3) is 3.46. The van der Waals surface area contributed by atoms with Crippen molar-refractivity contribution in [3.63, 3.8) is 0 Å². The van der Waals surface area contributed by atoms with Gasteiger partial charge in [-0.1, -0.05) is 11.6 Å². The van der Waals surface area contributed by atoms with Crippen molar-refractivity contribution in [2.75, 3.05) is 11.9 Å². The summed E-state index contributed by atoms with van der Waals surface area (Å²) in [5.41, 5.74) is 7.05. The predicted octanol–water partition coefficient (Wildman–Crippen LogP) is 4.55. The van der Waals surface area contributed by atoms with Gasteiger partial charge in [-0.2, -0.15) is 0 Å². The van der Waals surface area contributed by atoms with Crippen LogP contribution < -0.4 is 11.1 Å². The average Bonchev–Trinajstić information content (AvgIpc) is 3.09. The molecule has 0 spiro atoms. The molecule has 3 aromatic rings. The fourth-order valence-electron chi connectivity index (χ4n) is 3.53. The molecule has 2 heterocycles. The number of imidazole rings is 1. The molecule has 30 heavy (non-hydrogen) atoms. The van der Waals surface area contributed by atoms with E-state index in [9.17, 15) is 9.18 Å². The quantitative estimate of drug-likeness (QED) is 0.643. The number of carbonyl (C=O) groups is 1. The maximum Gasteiger partial charge on any atom is 0.241 e. The number of benzene rings is 2. The van der Waals surface area contributed by atoms with Gasteiger partial charge in [-0.3, -0.25) is 9.36 Å². The molecule has 1 aromatic heterocycles. The molecular weight excluding hydrogens is 405 g/mol. The van der Waals surface area contributed by atoms with Crippen molar-refractivity contribution in [1.82, 2.24) is 14.5 Å². The van der Waals surface area contributed by atoms with Crippen LogP contribution in [0.15, 0.2) is 54.7 Å². The van der Waals surface area contributed by atoms with Crippen molar-refractivity contribution >= 4 is 35.2 Å². The molecule has 1 aliphatic rings. The topological polar surface area (TPSA) is 76.2 Å². The molecule has 154 valence electrons. The molecule has 0 saturated heterocycles. The lowest BCUT2D eigenvalue weighted by Crippen LogP contribution is -2.47. The van der Waals surface area contributed by atoms with Gasteiger partial charge in [0.05, 0.1) is 6.54 Å². The lowest BCUT2D eigenvalue weighted by Gasteiger charge is -2.38. The Bertz CT molecular complexity index is 1120. The summed E-state index contributed by atoms with van der Waals surface area (Å²) in [6.45, 7) is 3.71. The van der Waals surface area contributed by atoms with Crippen LogP contribution in [0, 0.1) is 5.82 Å². The largest absolute Gasteiger partial charge is 0.339 e. The molecular formula is C22H21ClFN5O. The number of anilines is 2. The first kappa shape index (κ1) is 20.1. The minimum absolute atomic E-state index is 0.102. The Morgan fingerprint density at radius 2 is 1.80 bits per heavy atom. The summed E-state index contributed by atoms with van der Waals surface area (Å²) in [6, 6.07) is 13.4. The van der Waals surface area contributed by atoms with Crippen molar-refractivity contribution in [3.8, 4) is 11.3 Å². The maximum atomic E-state index is 13.5. The minimum Gasteiger partial charge on any atom is -0.339 e. The summed E-state index contributed by atoms with van der Waals surface area (Å²) in [4.78, 5) is 18.8. The Morgan fingerprint density at radius 1 is 1.13 bits per heavy atom. The fraction of sp³-hybridized carbons (Fsp3) is 0.182. The van der Waals surface area contributed by atoms with Gasteiger partial charge < -0.3 is 16.0 Å². The molecule has 0 unspecified atom stereocenters. The predicted molar refractivity (Wildman–Crippen MR) is 117 cm³/mol. The number of fused-ring (bicyclic) bond motifs is 1. The smallest absolute Gasteiger partial charge is 0.241 e. The van der Waals surface area contributed by atoms with Crippen LogP contribution in [0.1, 0.15) is 19.7 Å². The second kappa shape index (κ2) is 7.59. The molecule has 3 N–H and O–H groups in total. The number of amides is 1. The summed E-state index contributed by atoms with van der Waals surface area (Å²) in [5.74, 6) is 0.821. The average molecular weight is 426 g/mol. The van der Waals surface area contributed by atoms with Gasteiger partial charge >= 0.3 is 0 Å². The summed E-state index contributed by atoms with van der Waals surface area (Å²) in [5, 5.41) is 4.02. The first-order valence-electron chi connectivity index (χ1n) is 9.43. The Balaban J connectivity index is 1.87. The van der Waals surface area contributed by atoms with Crippen molar-refractivity contribution in [1.29, 1.82) is 0 Å². The number of hydrogen-bond donors (Lipinski definition) is 2. The maximum absolute atomic E-state index is 13.5. The van der Waals surface area contributed by atoms with Crippen LogP contribution in [0.5, 0.6) is 0 Å². The van der Waals surface area contributed by atoms with Crippen molar-refractivity contribution < 1.29 is 9.18 Å². The van der Waals surface area contributed by atoms with E-state index in [4.69, 9.17) is 22.3 Å². The second-order valence-electron chi connectivity index (χ2n) is 7.47. The zero-order valence-electron chi connectivity index (χ0n) is 16.6. The van der Waals surface area contributed by atoms with Crippen LogP contribution in [0.4, 0.5) is 15.9 Å². The number of aromatic nitrogens is 2. The molecule has 0 aliphatic carbocycles. The van der Waals surface area contributed by atoms with Crippen LogP contribution >= 0.6 is 11.6 Å². The number of halogens is 2. The highest BCUT2D eigenvalue weighted by Gasteiger charge is 2.39. The van der Waals surface area contributed by atoms with Crippen LogP contribution in [-0.2, 0) is 10.3 Å². The van der Waals surface area contributed by atoms with E-state index in [1.165, 1.54) is 12.1 Å². The first-order chi connectivity index (χ1) is 14.3. The van der Waals surface area contributed by atoms with E-state index < -0.39 is 5.54 Å². The van der Waals surface area contributed by atoms with E-state index in [1.54, 1.807) is 41.6 Å². The molecule has 4 rings (SSSR count). The number of nitrogens with one attached hydrogen (secondary N) is 1. The van der Waals surface area contributed by atoms with Crippen LogP contribution in [0.25, 0.3) is 17.5 Å². The van der Waals surface area contributed by atoms with E-state index in [0.717, 1.165) is 11.3 Å². The number of carbonyl (C=O) groups excluding carboxylic acids is 1. The summed E-state index contributed by atoms with van der Waals surface area (Å²) in [6.07, 6.45) is 3.47. The highest BCUT2D eigenvalue weighted by Crippen LogP contribution is 2.39. The molecule has 1 aliphatic heterocycles. The monoisotopic (exact) mass is 425 g/mol. The van der Waals surface area contributed by atoms with E-state index in [2.05, 4.69) is 5.32 Å². The highest BCUT2D eigenvalue weighted by molar-refractivity contribution is 6.30. The third-order valence-electron chi connectivity index (χ3n) is 5.09. The number of hydrogen-bond acceptors (Lipinski definition) is 4. The van der Waals surface area contributed by atoms with Crippen LogP contribution in [-0.4, -0.2) is 26.9 Å². The van der Waals surface area contributed by atoms with Crippen molar-refractivity contribution in [2.24, 2.45) is 5.73 Å². The van der Waals surface area contributed by atoms with Crippen LogP contribution in [0.3, 0.4) is 0 Å². The highest BCUT2D eigenvalue weighted by atomic mass is 35.5. The zero-order chi connectivity index (χ0) is 21.5. The SMILES string of the molecule is CC1(C)c2nc(-c3ccc(F)cc3)c(Nc3ccc(Cl)cc3)n2C=CN1C(=O)CN. The molecule has 2 aromatic carbocycles. The van der Waals surface area contributed by atoms with Gasteiger partial charge in [-0.25, -0.2) is 9.37 Å². The molecule has 8 heteroatoms. The van der Waals surface area contributed by atoms with E-state index in [-0.39, 0.29) is 18.3 Å². The molecule has 0 radical (unpaired) electrons. The van der Waals surface area contributed by atoms with Crippen molar-refractivity contribution in [3.05, 3.63) is 71.4 Å². The van der Waals surface area contributed by atoms with Gasteiger partial charge in [0.15, 0.2) is 0 Å². The van der Waals surface area contributed by atoms with Gasteiger partial charge in [-0.15, -0.1) is 0 Å². The molecule has 6 nitrogen and oxygen atoms in total. The Labute approximate surface area is 178 Å². The lowest BCUT2D eigenvalue weighted by molar-refractivity contribution is -0.132. The minimum atomic E-state index is -0.736. The molecule has 0 bridgehead atoms. The standard InChI is InChI=1S/C22H21ClFN5O/c1-22(2)21-27-19(14-3-7-16(24)8-4-14)20(26-17-9-5-15(23)6-10-17)28(21)11-12-29(22)18(30)13-25/h3-12,26H,13,25H2,1-2H3. The van der Waals surface area contributed by atoms with E-state index in [1.807, 2.05) is 30.5 Å². The van der Waals surface area contributed by atoms with Gasteiger partial charge in [0.2, 0.25) is 5.91 Å². The lowest BCUT2D eigenvalue weighted by atomic mass is 10.0. The first-order valence-corrected chi connectivity index (χ1v) is 9.81. The Morgan fingerprint density at radius 3 is 2.43 bits per heavy atom. The Kier molecular flexibility index (Phi) is 5.09.